The molecule has 0 fully saturated rings. The second-order valence-electron chi connectivity index (χ2n) is 4.09. The second kappa shape index (κ2) is 6.37. The third-order valence-corrected chi connectivity index (χ3v) is 4.13. The summed E-state index contributed by atoms with van der Waals surface area (Å²) in [4.78, 5) is 12.1. The molecule has 0 amide bonds. The van der Waals surface area contributed by atoms with Crippen LogP contribution in [0.25, 0.3) is 0 Å². The zero-order chi connectivity index (χ0) is 12.1. The molecule has 1 atom stereocenters. The Kier molecular flexibility index (Phi) is 5.44. The van der Waals surface area contributed by atoms with Gasteiger partial charge in [0.1, 0.15) is 6.04 Å². The highest BCUT2D eigenvalue weighted by Gasteiger charge is 2.18. The SMILES string of the molecule is CC(C)CC(NCc1sccc1Br)C(=O)O. The number of carboxylic acid groups (broad SMARTS) is 1. The Morgan fingerprint density at radius 2 is 2.31 bits per heavy atom. The fourth-order valence-corrected chi connectivity index (χ4v) is 2.85. The number of hydrogen-bond donors (Lipinski definition) is 2. The number of nitrogens with one attached hydrogen (secondary N) is 1. The highest BCUT2D eigenvalue weighted by Crippen LogP contribution is 2.22. The number of carboxylic acids is 1. The number of aliphatic carboxylic acids is 1. The van der Waals surface area contributed by atoms with E-state index in [2.05, 4.69) is 21.2 Å². The largest absolute Gasteiger partial charge is 0.480 e. The minimum absolute atomic E-state index is 0.375. The first-order valence-corrected chi connectivity index (χ1v) is 6.86. The second-order valence-corrected chi connectivity index (χ2v) is 5.95. The van der Waals surface area contributed by atoms with Crippen LogP contribution in [0.3, 0.4) is 0 Å². The van der Waals surface area contributed by atoms with Gasteiger partial charge in [0.2, 0.25) is 0 Å². The summed E-state index contributed by atoms with van der Waals surface area (Å²) in [6.45, 7) is 4.65. The number of thiophene rings is 1. The van der Waals surface area contributed by atoms with E-state index in [1.54, 1.807) is 11.3 Å². The number of rotatable bonds is 6. The Labute approximate surface area is 108 Å². The molecule has 16 heavy (non-hydrogen) atoms. The third-order valence-electron chi connectivity index (χ3n) is 2.21. The molecule has 0 aliphatic heterocycles. The fourth-order valence-electron chi connectivity index (χ4n) is 1.41. The fraction of sp³-hybridized carbons (Fsp3) is 0.545. The van der Waals surface area contributed by atoms with Crippen molar-refractivity contribution in [1.82, 2.24) is 5.32 Å². The van der Waals surface area contributed by atoms with Crippen LogP contribution in [0.2, 0.25) is 0 Å². The van der Waals surface area contributed by atoms with Crippen LogP contribution in [0, 0.1) is 5.92 Å². The van der Waals surface area contributed by atoms with Crippen molar-refractivity contribution in [3.05, 3.63) is 20.8 Å². The molecule has 0 aliphatic rings. The van der Waals surface area contributed by atoms with Crippen molar-refractivity contribution in [2.75, 3.05) is 0 Å². The van der Waals surface area contributed by atoms with Gasteiger partial charge in [-0.2, -0.15) is 0 Å². The van der Waals surface area contributed by atoms with E-state index in [4.69, 9.17) is 5.11 Å². The van der Waals surface area contributed by atoms with Crippen molar-refractivity contribution in [1.29, 1.82) is 0 Å². The Balaban J connectivity index is 2.50. The molecule has 0 bridgehead atoms. The van der Waals surface area contributed by atoms with Crippen molar-refractivity contribution in [2.24, 2.45) is 5.92 Å². The van der Waals surface area contributed by atoms with Crippen LogP contribution >= 0.6 is 27.3 Å². The first kappa shape index (κ1) is 13.7. The van der Waals surface area contributed by atoms with Gasteiger partial charge in [-0.3, -0.25) is 10.1 Å². The Bertz CT molecular complexity index is 352. The average Bonchev–Trinajstić information content (AvgIpc) is 2.57. The monoisotopic (exact) mass is 305 g/mol. The molecule has 5 heteroatoms. The molecule has 0 radical (unpaired) electrons. The lowest BCUT2D eigenvalue weighted by atomic mass is 10.0. The molecule has 0 aromatic carbocycles. The summed E-state index contributed by atoms with van der Waals surface area (Å²) in [7, 11) is 0. The standard InChI is InChI=1S/C11H16BrNO2S/c1-7(2)5-9(11(14)15)13-6-10-8(12)3-4-16-10/h3-4,7,9,13H,5-6H2,1-2H3,(H,14,15). The summed E-state index contributed by atoms with van der Waals surface area (Å²) in [5, 5.41) is 14.1. The van der Waals surface area contributed by atoms with Crippen LogP contribution in [-0.4, -0.2) is 17.1 Å². The van der Waals surface area contributed by atoms with Gasteiger partial charge in [-0.1, -0.05) is 13.8 Å². The van der Waals surface area contributed by atoms with E-state index in [-0.39, 0.29) is 0 Å². The van der Waals surface area contributed by atoms with Crippen molar-refractivity contribution in [3.63, 3.8) is 0 Å². The van der Waals surface area contributed by atoms with Crippen LogP contribution in [0.1, 0.15) is 25.1 Å². The normalized spacial score (nSPS) is 13.0. The Hall–Kier alpha value is -0.390. The lowest BCUT2D eigenvalue weighted by Gasteiger charge is -2.16. The van der Waals surface area contributed by atoms with Crippen LogP contribution in [0.5, 0.6) is 0 Å². The molecule has 3 nitrogen and oxygen atoms in total. The molecule has 1 rings (SSSR count). The number of hydrogen-bond acceptors (Lipinski definition) is 3. The molecule has 1 aromatic heterocycles. The number of carbonyl (C=O) groups is 1. The maximum absolute atomic E-state index is 11.0. The van der Waals surface area contributed by atoms with Crippen LogP contribution in [-0.2, 0) is 11.3 Å². The predicted octanol–water partition coefficient (Wildman–Crippen LogP) is 3.10. The minimum atomic E-state index is -0.777. The van der Waals surface area contributed by atoms with E-state index in [9.17, 15) is 4.79 Å². The number of halogens is 1. The van der Waals surface area contributed by atoms with E-state index in [1.807, 2.05) is 25.3 Å². The minimum Gasteiger partial charge on any atom is -0.480 e. The molecule has 1 heterocycles. The predicted molar refractivity (Wildman–Crippen MR) is 69.7 cm³/mol. The summed E-state index contributed by atoms with van der Waals surface area (Å²) >= 11 is 5.05. The first-order chi connectivity index (χ1) is 7.50. The van der Waals surface area contributed by atoms with Gasteiger partial charge in [0, 0.05) is 15.9 Å². The van der Waals surface area contributed by atoms with Crippen molar-refractivity contribution in [3.8, 4) is 0 Å². The van der Waals surface area contributed by atoms with E-state index >= 15 is 0 Å². The molecule has 0 saturated carbocycles. The molecule has 2 N–H and O–H groups in total. The van der Waals surface area contributed by atoms with E-state index in [0.717, 1.165) is 9.35 Å². The van der Waals surface area contributed by atoms with Crippen molar-refractivity contribution < 1.29 is 9.90 Å². The van der Waals surface area contributed by atoms with E-state index < -0.39 is 12.0 Å². The lowest BCUT2D eigenvalue weighted by Crippen LogP contribution is -2.37. The summed E-state index contributed by atoms with van der Waals surface area (Å²) < 4.78 is 1.04. The summed E-state index contributed by atoms with van der Waals surface area (Å²) in [6.07, 6.45) is 0.651. The topological polar surface area (TPSA) is 49.3 Å². The highest BCUT2D eigenvalue weighted by molar-refractivity contribution is 9.10. The molecule has 0 spiro atoms. The van der Waals surface area contributed by atoms with Crippen LogP contribution in [0.15, 0.2) is 15.9 Å². The van der Waals surface area contributed by atoms with Gasteiger partial charge in [0.05, 0.1) is 0 Å². The maximum Gasteiger partial charge on any atom is 0.320 e. The zero-order valence-electron chi connectivity index (χ0n) is 9.37. The summed E-state index contributed by atoms with van der Waals surface area (Å²) in [6, 6.07) is 1.51. The van der Waals surface area contributed by atoms with Gasteiger partial charge in [0.15, 0.2) is 0 Å². The molecule has 90 valence electrons. The molecule has 1 aromatic rings. The van der Waals surface area contributed by atoms with Crippen molar-refractivity contribution in [2.45, 2.75) is 32.9 Å². The van der Waals surface area contributed by atoms with Gasteiger partial charge in [-0.25, -0.2) is 0 Å². The smallest absolute Gasteiger partial charge is 0.320 e. The molecule has 0 aliphatic carbocycles. The molecule has 1 unspecified atom stereocenters. The van der Waals surface area contributed by atoms with Gasteiger partial charge in [-0.05, 0) is 39.7 Å². The Morgan fingerprint density at radius 1 is 1.62 bits per heavy atom. The molecular weight excluding hydrogens is 290 g/mol. The van der Waals surface area contributed by atoms with E-state index in [1.165, 1.54) is 0 Å². The van der Waals surface area contributed by atoms with Gasteiger partial charge < -0.3 is 5.11 Å². The summed E-state index contributed by atoms with van der Waals surface area (Å²) in [5.41, 5.74) is 0. The highest BCUT2D eigenvalue weighted by atomic mass is 79.9. The zero-order valence-corrected chi connectivity index (χ0v) is 11.8. The summed E-state index contributed by atoms with van der Waals surface area (Å²) in [5.74, 6) is -0.401. The van der Waals surface area contributed by atoms with Crippen molar-refractivity contribution >= 4 is 33.2 Å². The van der Waals surface area contributed by atoms with E-state index in [0.29, 0.717) is 18.9 Å². The molecule has 0 saturated heterocycles. The Morgan fingerprint density at radius 3 is 2.75 bits per heavy atom. The van der Waals surface area contributed by atoms with Gasteiger partial charge >= 0.3 is 5.97 Å². The van der Waals surface area contributed by atoms with Gasteiger partial charge in [-0.15, -0.1) is 11.3 Å². The van der Waals surface area contributed by atoms with Crippen LogP contribution in [0.4, 0.5) is 0 Å². The maximum atomic E-state index is 11.0. The molecular formula is C11H16BrNO2S. The van der Waals surface area contributed by atoms with Gasteiger partial charge in [0.25, 0.3) is 0 Å². The first-order valence-electron chi connectivity index (χ1n) is 5.18. The lowest BCUT2D eigenvalue weighted by molar-refractivity contribution is -0.140. The quantitative estimate of drug-likeness (QED) is 0.849. The average molecular weight is 306 g/mol. The van der Waals surface area contributed by atoms with Crippen LogP contribution < -0.4 is 5.32 Å². The third kappa shape index (κ3) is 4.23.